The summed E-state index contributed by atoms with van der Waals surface area (Å²) in [5.41, 5.74) is 2.74. The lowest BCUT2D eigenvalue weighted by Gasteiger charge is -2.12. The van der Waals surface area contributed by atoms with Gasteiger partial charge >= 0.3 is 0 Å². The lowest BCUT2D eigenvalue weighted by Crippen LogP contribution is -2.01. The number of fused-ring (bicyclic) bond motifs is 2. The summed E-state index contributed by atoms with van der Waals surface area (Å²) in [6.07, 6.45) is 8.30. The third-order valence-corrected chi connectivity index (χ3v) is 8.20. The van der Waals surface area contributed by atoms with E-state index < -0.39 is 0 Å². The molecule has 4 aromatic heterocycles. The largest absolute Gasteiger partial charge is 0.252 e. The van der Waals surface area contributed by atoms with Crippen LogP contribution in [-0.2, 0) is 6.42 Å². The first kappa shape index (κ1) is 18.5. The van der Waals surface area contributed by atoms with E-state index in [1.165, 1.54) is 63.0 Å². The molecule has 0 bridgehead atoms. The molecule has 0 aliphatic heterocycles. The van der Waals surface area contributed by atoms with Crippen LogP contribution in [0.15, 0.2) is 22.8 Å². The van der Waals surface area contributed by atoms with Crippen LogP contribution in [0, 0.1) is 5.92 Å². The molecule has 0 aliphatic rings. The van der Waals surface area contributed by atoms with Gasteiger partial charge < -0.3 is 0 Å². The maximum Gasteiger partial charge on any atom is 0.133 e. The highest BCUT2D eigenvalue weighted by Crippen LogP contribution is 2.41. The highest BCUT2D eigenvalue weighted by molar-refractivity contribution is 9.10. The molecule has 1 unspecified atom stereocenters. The summed E-state index contributed by atoms with van der Waals surface area (Å²) in [4.78, 5) is 7.31. The molecule has 0 saturated carbocycles. The minimum atomic E-state index is 0.816. The van der Waals surface area contributed by atoms with E-state index in [1.54, 1.807) is 0 Å². The molecule has 0 saturated heterocycles. The lowest BCUT2D eigenvalue weighted by molar-refractivity contribution is 0.452. The summed E-state index contributed by atoms with van der Waals surface area (Å²) >= 11 is 8.51. The molecule has 1 atom stereocenters. The van der Waals surface area contributed by atoms with Crippen LogP contribution in [0.1, 0.15) is 44.4 Å². The smallest absolute Gasteiger partial charge is 0.133 e. The van der Waals surface area contributed by atoms with Gasteiger partial charge in [-0.3, -0.25) is 4.98 Å². The molecule has 136 valence electrons. The number of pyridine rings is 1. The number of thiophene rings is 2. The second kappa shape index (κ2) is 8.00. The van der Waals surface area contributed by atoms with Gasteiger partial charge in [0.2, 0.25) is 0 Å². The van der Waals surface area contributed by atoms with Gasteiger partial charge in [0.25, 0.3) is 0 Å². The molecule has 4 heterocycles. The Balaban J connectivity index is 1.62. The summed E-state index contributed by atoms with van der Waals surface area (Å²) < 4.78 is 12.5. The van der Waals surface area contributed by atoms with Crippen molar-refractivity contribution in [3.05, 3.63) is 27.7 Å². The number of hydrogen-bond donors (Lipinski definition) is 0. The molecule has 0 aliphatic carbocycles. The minimum Gasteiger partial charge on any atom is -0.252 e. The number of hydrogen-bond acceptors (Lipinski definition) is 6. The van der Waals surface area contributed by atoms with E-state index in [0.717, 1.165) is 27.1 Å². The van der Waals surface area contributed by atoms with Gasteiger partial charge in [-0.15, -0.1) is 22.7 Å². The monoisotopic (exact) mass is 465 g/mol. The number of halogens is 1. The van der Waals surface area contributed by atoms with Crippen molar-refractivity contribution in [3.8, 4) is 10.6 Å². The van der Waals surface area contributed by atoms with Gasteiger partial charge in [-0.05, 0) is 40.4 Å². The third kappa shape index (κ3) is 3.59. The summed E-state index contributed by atoms with van der Waals surface area (Å²) in [6.45, 7) is 4.60. The molecular weight excluding hydrogens is 446 g/mol. The van der Waals surface area contributed by atoms with Crippen LogP contribution in [0.25, 0.3) is 31.0 Å². The van der Waals surface area contributed by atoms with E-state index in [2.05, 4.69) is 55.6 Å². The zero-order valence-electron chi connectivity index (χ0n) is 14.8. The Labute approximate surface area is 174 Å². The maximum absolute atomic E-state index is 4.61. The quantitative estimate of drug-likeness (QED) is 0.282. The Bertz CT molecular complexity index is 1000. The highest BCUT2D eigenvalue weighted by Gasteiger charge is 2.17. The normalized spacial score (nSPS) is 13.0. The number of unbranched alkanes of at least 4 members (excludes halogenated alkanes) is 1. The van der Waals surface area contributed by atoms with Gasteiger partial charge in [0, 0.05) is 20.5 Å². The number of aromatic nitrogens is 3. The molecule has 7 heteroatoms. The summed E-state index contributed by atoms with van der Waals surface area (Å²) in [5, 5.41) is 0. The van der Waals surface area contributed by atoms with Crippen molar-refractivity contribution in [1.29, 1.82) is 0 Å². The fourth-order valence-corrected chi connectivity index (χ4v) is 6.85. The fourth-order valence-electron chi connectivity index (χ4n) is 3.26. The number of rotatable bonds is 7. The van der Waals surface area contributed by atoms with Crippen LogP contribution in [0.3, 0.4) is 0 Å². The Hall–Kier alpha value is -0.890. The molecule has 26 heavy (non-hydrogen) atoms. The van der Waals surface area contributed by atoms with Crippen LogP contribution in [0.2, 0.25) is 0 Å². The lowest BCUT2D eigenvalue weighted by atomic mass is 9.95. The fraction of sp³-hybridized carbons (Fsp3) is 0.421. The Kier molecular flexibility index (Phi) is 5.69. The highest BCUT2D eigenvalue weighted by atomic mass is 79.9. The van der Waals surface area contributed by atoms with Gasteiger partial charge in [0.15, 0.2) is 0 Å². The van der Waals surface area contributed by atoms with Crippen molar-refractivity contribution in [1.82, 2.24) is 13.7 Å². The summed E-state index contributed by atoms with van der Waals surface area (Å²) in [7, 11) is 0. The van der Waals surface area contributed by atoms with Crippen LogP contribution in [-0.4, -0.2) is 13.7 Å². The van der Waals surface area contributed by atoms with Crippen molar-refractivity contribution in [2.24, 2.45) is 5.92 Å². The standard InChI is InChI=1S/C19H20BrN3S3/c1-3-5-6-11(4-2)7-12-8-14-15(24-12)9-16(25-14)18-19-17(22-26-23-19)13(20)10-21-18/h8-11H,3-7H2,1-2H3. The van der Waals surface area contributed by atoms with Gasteiger partial charge in [-0.2, -0.15) is 8.75 Å². The van der Waals surface area contributed by atoms with Crippen LogP contribution >= 0.6 is 50.3 Å². The third-order valence-electron chi connectivity index (χ3n) is 4.77. The first-order chi connectivity index (χ1) is 12.7. The van der Waals surface area contributed by atoms with Gasteiger partial charge in [0.05, 0.1) is 21.1 Å². The van der Waals surface area contributed by atoms with E-state index in [4.69, 9.17) is 0 Å². The summed E-state index contributed by atoms with van der Waals surface area (Å²) in [6, 6.07) is 4.66. The van der Waals surface area contributed by atoms with E-state index in [9.17, 15) is 0 Å². The molecule has 0 aromatic carbocycles. The van der Waals surface area contributed by atoms with Gasteiger partial charge in [-0.1, -0.05) is 39.5 Å². The van der Waals surface area contributed by atoms with Gasteiger partial charge in [-0.25, -0.2) is 0 Å². The molecular formula is C19H20BrN3S3. The van der Waals surface area contributed by atoms with Crippen molar-refractivity contribution >= 4 is 70.8 Å². The zero-order chi connectivity index (χ0) is 18.1. The SMILES string of the molecule is CCCCC(CC)Cc1cc2sc(-c3ncc(Br)c4nsnc34)cc2s1. The Morgan fingerprint density at radius 2 is 1.88 bits per heavy atom. The van der Waals surface area contributed by atoms with Crippen molar-refractivity contribution in [3.63, 3.8) is 0 Å². The van der Waals surface area contributed by atoms with Crippen molar-refractivity contribution in [2.75, 3.05) is 0 Å². The molecule has 0 spiro atoms. The topological polar surface area (TPSA) is 38.7 Å². The predicted molar refractivity (Wildman–Crippen MR) is 119 cm³/mol. The molecule has 3 nitrogen and oxygen atoms in total. The van der Waals surface area contributed by atoms with E-state index in [1.807, 2.05) is 28.9 Å². The molecule has 4 aromatic rings. The molecule has 0 radical (unpaired) electrons. The second-order valence-corrected chi connectivity index (χ2v) is 10.2. The van der Waals surface area contributed by atoms with Crippen LogP contribution < -0.4 is 0 Å². The van der Waals surface area contributed by atoms with Crippen LogP contribution in [0.4, 0.5) is 0 Å². The molecule has 0 N–H and O–H groups in total. The first-order valence-corrected chi connectivity index (χ1v) is 12.1. The van der Waals surface area contributed by atoms with E-state index >= 15 is 0 Å². The predicted octanol–water partition coefficient (Wildman–Crippen LogP) is 7.55. The van der Waals surface area contributed by atoms with Crippen LogP contribution in [0.5, 0.6) is 0 Å². The van der Waals surface area contributed by atoms with Crippen molar-refractivity contribution < 1.29 is 0 Å². The average molecular weight is 466 g/mol. The van der Waals surface area contributed by atoms with E-state index in [-0.39, 0.29) is 0 Å². The Morgan fingerprint density at radius 3 is 2.65 bits per heavy atom. The average Bonchev–Trinajstić information content (AvgIpc) is 3.33. The van der Waals surface area contributed by atoms with Crippen molar-refractivity contribution in [2.45, 2.75) is 46.0 Å². The Morgan fingerprint density at radius 1 is 1.08 bits per heavy atom. The minimum absolute atomic E-state index is 0.816. The zero-order valence-corrected chi connectivity index (χ0v) is 18.8. The second-order valence-electron chi connectivity index (χ2n) is 6.59. The molecule has 4 rings (SSSR count). The number of nitrogens with zero attached hydrogens (tertiary/aromatic N) is 3. The van der Waals surface area contributed by atoms with E-state index in [0.29, 0.717) is 0 Å². The molecule has 0 amide bonds. The van der Waals surface area contributed by atoms with Gasteiger partial charge in [0.1, 0.15) is 16.7 Å². The first-order valence-electron chi connectivity index (χ1n) is 8.99. The summed E-state index contributed by atoms with van der Waals surface area (Å²) in [5.74, 6) is 0.816. The molecule has 0 fully saturated rings. The maximum atomic E-state index is 4.61.